The molecule has 1 aromatic carbocycles. The van der Waals surface area contributed by atoms with E-state index in [9.17, 15) is 0 Å². The second-order valence-corrected chi connectivity index (χ2v) is 5.35. The second kappa shape index (κ2) is 6.78. The molecular formula is C14H18ClN5O. The predicted octanol–water partition coefficient (Wildman–Crippen LogP) is 1.84. The summed E-state index contributed by atoms with van der Waals surface area (Å²) in [5.41, 5.74) is 0. The summed E-state index contributed by atoms with van der Waals surface area (Å²) in [7, 11) is 0. The first-order chi connectivity index (χ1) is 10.3. The summed E-state index contributed by atoms with van der Waals surface area (Å²) < 4.78 is 5.65. The number of aromatic nitrogens is 3. The average Bonchev–Trinajstić information content (AvgIpc) is 2.80. The summed E-state index contributed by atoms with van der Waals surface area (Å²) in [6.45, 7) is 4.27. The number of aromatic amines is 1. The first-order valence-electron chi connectivity index (χ1n) is 7.06. The van der Waals surface area contributed by atoms with Gasteiger partial charge in [-0.15, -0.1) is 5.10 Å². The maximum Gasteiger partial charge on any atom is 0.244 e. The highest BCUT2D eigenvalue weighted by atomic mass is 35.5. The van der Waals surface area contributed by atoms with E-state index in [1.807, 2.05) is 12.1 Å². The van der Waals surface area contributed by atoms with Gasteiger partial charge in [-0.3, -0.25) is 5.10 Å². The third kappa shape index (κ3) is 3.86. The van der Waals surface area contributed by atoms with Crippen LogP contribution in [0.5, 0.6) is 5.75 Å². The van der Waals surface area contributed by atoms with Crippen molar-refractivity contribution >= 4 is 17.5 Å². The van der Waals surface area contributed by atoms with Gasteiger partial charge in [0.15, 0.2) is 5.82 Å². The Morgan fingerprint density at radius 1 is 1.19 bits per heavy atom. The molecule has 6 nitrogen and oxygen atoms in total. The summed E-state index contributed by atoms with van der Waals surface area (Å²) in [4.78, 5) is 6.67. The molecule has 0 amide bonds. The first kappa shape index (κ1) is 14.2. The van der Waals surface area contributed by atoms with E-state index in [4.69, 9.17) is 16.3 Å². The van der Waals surface area contributed by atoms with E-state index in [2.05, 4.69) is 25.4 Å². The number of H-pyrrole nitrogens is 1. The van der Waals surface area contributed by atoms with Crippen molar-refractivity contribution in [3.63, 3.8) is 0 Å². The van der Waals surface area contributed by atoms with Gasteiger partial charge in [-0.1, -0.05) is 11.6 Å². The number of nitrogens with one attached hydrogen (secondary N) is 2. The second-order valence-electron chi connectivity index (χ2n) is 4.92. The first-order valence-corrected chi connectivity index (χ1v) is 7.44. The van der Waals surface area contributed by atoms with E-state index in [0.717, 1.165) is 50.1 Å². The van der Waals surface area contributed by atoms with E-state index >= 15 is 0 Å². The van der Waals surface area contributed by atoms with Gasteiger partial charge in [0.2, 0.25) is 5.95 Å². The Labute approximate surface area is 128 Å². The number of hydrogen-bond donors (Lipinski definition) is 2. The fourth-order valence-electron chi connectivity index (χ4n) is 2.22. The van der Waals surface area contributed by atoms with Gasteiger partial charge < -0.3 is 15.0 Å². The van der Waals surface area contributed by atoms with Crippen molar-refractivity contribution in [3.05, 3.63) is 35.1 Å². The molecule has 0 bridgehead atoms. The fourth-order valence-corrected chi connectivity index (χ4v) is 2.35. The van der Waals surface area contributed by atoms with Crippen LogP contribution in [-0.2, 0) is 6.61 Å². The topological polar surface area (TPSA) is 66.1 Å². The van der Waals surface area contributed by atoms with Gasteiger partial charge in [0.25, 0.3) is 0 Å². The van der Waals surface area contributed by atoms with Crippen LogP contribution in [0.4, 0.5) is 5.95 Å². The molecule has 0 aliphatic carbocycles. The minimum absolute atomic E-state index is 0.362. The minimum atomic E-state index is 0.362. The molecular weight excluding hydrogens is 290 g/mol. The number of rotatable bonds is 4. The van der Waals surface area contributed by atoms with Gasteiger partial charge in [0.1, 0.15) is 12.4 Å². The van der Waals surface area contributed by atoms with E-state index in [1.165, 1.54) is 0 Å². The number of ether oxygens (including phenoxy) is 1. The van der Waals surface area contributed by atoms with Crippen LogP contribution in [0.25, 0.3) is 0 Å². The average molecular weight is 308 g/mol. The molecule has 21 heavy (non-hydrogen) atoms. The largest absolute Gasteiger partial charge is 0.486 e. The molecule has 0 radical (unpaired) electrons. The van der Waals surface area contributed by atoms with Crippen molar-refractivity contribution in [3.8, 4) is 5.75 Å². The molecule has 1 saturated heterocycles. The number of hydrogen-bond acceptors (Lipinski definition) is 5. The van der Waals surface area contributed by atoms with Crippen molar-refractivity contribution in [2.24, 2.45) is 0 Å². The molecule has 0 atom stereocenters. The van der Waals surface area contributed by atoms with Gasteiger partial charge in [-0.05, 0) is 37.2 Å². The predicted molar refractivity (Wildman–Crippen MR) is 81.9 cm³/mol. The maximum absolute atomic E-state index is 5.84. The zero-order chi connectivity index (χ0) is 14.5. The quantitative estimate of drug-likeness (QED) is 0.902. The van der Waals surface area contributed by atoms with Crippen molar-refractivity contribution in [2.75, 3.05) is 31.1 Å². The fraction of sp³-hybridized carbons (Fsp3) is 0.429. The van der Waals surface area contributed by atoms with E-state index in [0.29, 0.717) is 11.6 Å². The minimum Gasteiger partial charge on any atom is -0.486 e. The van der Waals surface area contributed by atoms with Crippen LogP contribution in [0.2, 0.25) is 5.02 Å². The third-order valence-electron chi connectivity index (χ3n) is 3.33. The van der Waals surface area contributed by atoms with Crippen LogP contribution >= 0.6 is 11.6 Å². The Morgan fingerprint density at radius 3 is 2.90 bits per heavy atom. The molecule has 3 rings (SSSR count). The summed E-state index contributed by atoms with van der Waals surface area (Å²) in [5, 5.41) is 11.3. The van der Waals surface area contributed by atoms with Gasteiger partial charge in [-0.2, -0.15) is 4.98 Å². The molecule has 1 aliphatic rings. The molecule has 2 heterocycles. The van der Waals surface area contributed by atoms with Gasteiger partial charge in [-0.25, -0.2) is 0 Å². The Morgan fingerprint density at radius 2 is 2.05 bits per heavy atom. The van der Waals surface area contributed by atoms with Gasteiger partial charge >= 0.3 is 0 Å². The van der Waals surface area contributed by atoms with Crippen LogP contribution in [0, 0.1) is 0 Å². The Bertz CT molecular complexity index is 563. The molecule has 1 aliphatic heterocycles. The van der Waals surface area contributed by atoms with Crippen LogP contribution in [0.1, 0.15) is 12.2 Å². The Hall–Kier alpha value is -1.79. The molecule has 1 aromatic heterocycles. The highest BCUT2D eigenvalue weighted by Crippen LogP contribution is 2.16. The number of anilines is 1. The lowest BCUT2D eigenvalue weighted by atomic mass is 10.3. The molecule has 0 unspecified atom stereocenters. The molecule has 112 valence electrons. The van der Waals surface area contributed by atoms with Crippen molar-refractivity contribution in [1.29, 1.82) is 0 Å². The standard InChI is InChI=1S/C14H18ClN5O/c15-11-2-4-12(5-3-11)21-10-13-17-14(19-18-13)20-8-1-6-16-7-9-20/h2-5,16H,1,6-10H2,(H,17,18,19). The monoisotopic (exact) mass is 307 g/mol. The van der Waals surface area contributed by atoms with Gasteiger partial charge in [0, 0.05) is 24.7 Å². The highest BCUT2D eigenvalue weighted by Gasteiger charge is 2.14. The molecule has 1 fully saturated rings. The number of benzene rings is 1. The van der Waals surface area contributed by atoms with Gasteiger partial charge in [0.05, 0.1) is 0 Å². The smallest absolute Gasteiger partial charge is 0.244 e. The third-order valence-corrected chi connectivity index (χ3v) is 3.58. The van der Waals surface area contributed by atoms with Crippen LogP contribution in [-0.4, -0.2) is 41.4 Å². The normalized spacial score (nSPS) is 15.8. The Balaban J connectivity index is 1.58. The summed E-state index contributed by atoms with van der Waals surface area (Å²) >= 11 is 5.84. The molecule has 0 saturated carbocycles. The SMILES string of the molecule is Clc1ccc(OCc2nc(N3CCCNCC3)n[nH]2)cc1. The summed E-state index contributed by atoms with van der Waals surface area (Å²) in [5.74, 6) is 2.22. The lowest BCUT2D eigenvalue weighted by Crippen LogP contribution is -2.28. The maximum atomic E-state index is 5.84. The molecule has 2 aromatic rings. The summed E-state index contributed by atoms with van der Waals surface area (Å²) in [6, 6.07) is 7.26. The zero-order valence-electron chi connectivity index (χ0n) is 11.7. The van der Waals surface area contributed by atoms with Crippen molar-refractivity contribution in [2.45, 2.75) is 13.0 Å². The molecule has 0 spiro atoms. The molecule has 7 heteroatoms. The lowest BCUT2D eigenvalue weighted by Gasteiger charge is -2.16. The van der Waals surface area contributed by atoms with Crippen LogP contribution in [0.15, 0.2) is 24.3 Å². The van der Waals surface area contributed by atoms with Crippen LogP contribution in [0.3, 0.4) is 0 Å². The van der Waals surface area contributed by atoms with E-state index in [1.54, 1.807) is 12.1 Å². The van der Waals surface area contributed by atoms with E-state index in [-0.39, 0.29) is 0 Å². The van der Waals surface area contributed by atoms with Crippen molar-refractivity contribution in [1.82, 2.24) is 20.5 Å². The van der Waals surface area contributed by atoms with Crippen molar-refractivity contribution < 1.29 is 4.74 Å². The Kier molecular flexibility index (Phi) is 4.57. The number of halogens is 1. The van der Waals surface area contributed by atoms with E-state index < -0.39 is 0 Å². The summed E-state index contributed by atoms with van der Waals surface area (Å²) in [6.07, 6.45) is 1.10. The van der Waals surface area contributed by atoms with Crippen LogP contribution < -0.4 is 15.0 Å². The lowest BCUT2D eigenvalue weighted by molar-refractivity contribution is 0.296. The zero-order valence-corrected chi connectivity index (χ0v) is 12.4. The highest BCUT2D eigenvalue weighted by molar-refractivity contribution is 6.30. The number of nitrogens with zero attached hydrogens (tertiary/aromatic N) is 3. The molecule has 2 N–H and O–H groups in total.